The van der Waals surface area contributed by atoms with Crippen LogP contribution in [0.1, 0.15) is 0 Å². The Hall–Kier alpha value is -0.650. The van der Waals surface area contributed by atoms with E-state index in [0.29, 0.717) is 26.2 Å². The van der Waals surface area contributed by atoms with Crippen molar-refractivity contribution in [2.75, 3.05) is 32.8 Å². The number of aliphatic carboxylic acids is 1. The van der Waals surface area contributed by atoms with Gasteiger partial charge in [-0.2, -0.15) is 0 Å². The van der Waals surface area contributed by atoms with Crippen molar-refractivity contribution in [3.05, 3.63) is 0 Å². The quantitative estimate of drug-likeness (QED) is 0.561. The van der Waals surface area contributed by atoms with Gasteiger partial charge in [0.1, 0.15) is 0 Å². The molecule has 1 aliphatic rings. The maximum absolute atomic E-state index is 10.5. The largest absolute Gasteiger partial charge is 0.479 e. The zero-order chi connectivity index (χ0) is 8.97. The van der Waals surface area contributed by atoms with Crippen LogP contribution >= 0.6 is 0 Å². The van der Waals surface area contributed by atoms with E-state index in [1.807, 2.05) is 4.90 Å². The third kappa shape index (κ3) is 2.44. The molecule has 0 aromatic rings. The minimum atomic E-state index is -0.933. The van der Waals surface area contributed by atoms with Gasteiger partial charge >= 0.3 is 5.97 Å². The van der Waals surface area contributed by atoms with Gasteiger partial charge in [0.15, 0.2) is 6.10 Å². The summed E-state index contributed by atoms with van der Waals surface area (Å²) in [5.74, 6) is -0.933. The number of carboxylic acids is 1. The minimum Gasteiger partial charge on any atom is -0.479 e. The summed E-state index contributed by atoms with van der Waals surface area (Å²) in [4.78, 5) is 12.4. The Morgan fingerprint density at radius 3 is 3.00 bits per heavy atom. The number of ether oxygens (including phenoxy) is 1. The van der Waals surface area contributed by atoms with E-state index in [0.717, 1.165) is 0 Å². The predicted octanol–water partition coefficient (Wildman–Crippen LogP) is -1.24. The molecular weight excluding hydrogens is 162 g/mol. The molecule has 1 unspecified atom stereocenters. The highest BCUT2D eigenvalue weighted by molar-refractivity contribution is 5.72. The van der Waals surface area contributed by atoms with Crippen LogP contribution < -0.4 is 0 Å². The van der Waals surface area contributed by atoms with Gasteiger partial charge in [0.2, 0.25) is 0 Å². The van der Waals surface area contributed by atoms with Crippen molar-refractivity contribution in [1.29, 1.82) is 0 Å². The molecule has 0 aromatic heterocycles. The van der Waals surface area contributed by atoms with Crippen molar-refractivity contribution in [2.45, 2.75) is 6.10 Å². The van der Waals surface area contributed by atoms with Gasteiger partial charge in [0.25, 0.3) is 0 Å². The molecule has 1 rings (SSSR count). The highest BCUT2D eigenvalue weighted by Crippen LogP contribution is 2.04. The fraction of sp³-hybridized carbons (Fsp3) is 0.857. The first kappa shape index (κ1) is 9.44. The monoisotopic (exact) mass is 175 g/mol. The third-order valence-corrected chi connectivity index (χ3v) is 1.84. The van der Waals surface area contributed by atoms with E-state index < -0.39 is 12.1 Å². The number of aliphatic hydroxyl groups is 1. The maximum Gasteiger partial charge on any atom is 0.334 e. The van der Waals surface area contributed by atoms with Crippen LogP contribution in [0.25, 0.3) is 0 Å². The Bertz CT molecular complexity index is 159. The van der Waals surface area contributed by atoms with Crippen LogP contribution in [-0.2, 0) is 9.53 Å². The van der Waals surface area contributed by atoms with Gasteiger partial charge in [0, 0.05) is 19.6 Å². The SMILES string of the molecule is O=C(O)C1CN(CCO)CCO1. The molecule has 1 aliphatic heterocycles. The van der Waals surface area contributed by atoms with Crippen molar-refractivity contribution in [3.63, 3.8) is 0 Å². The number of hydrogen-bond donors (Lipinski definition) is 2. The number of carboxylic acid groups (broad SMARTS) is 1. The number of morpholine rings is 1. The summed E-state index contributed by atoms with van der Waals surface area (Å²) in [5.41, 5.74) is 0. The molecule has 1 fully saturated rings. The molecule has 70 valence electrons. The van der Waals surface area contributed by atoms with Gasteiger partial charge < -0.3 is 14.9 Å². The zero-order valence-electron chi connectivity index (χ0n) is 6.77. The van der Waals surface area contributed by atoms with Gasteiger partial charge in [-0.25, -0.2) is 4.79 Å². The molecule has 0 saturated carbocycles. The molecule has 5 nitrogen and oxygen atoms in total. The zero-order valence-corrected chi connectivity index (χ0v) is 6.77. The van der Waals surface area contributed by atoms with Crippen LogP contribution in [-0.4, -0.2) is 60.0 Å². The topological polar surface area (TPSA) is 70.0 Å². The van der Waals surface area contributed by atoms with Crippen molar-refractivity contribution in [1.82, 2.24) is 4.90 Å². The van der Waals surface area contributed by atoms with E-state index in [1.165, 1.54) is 0 Å². The summed E-state index contributed by atoms with van der Waals surface area (Å²) < 4.78 is 4.99. The van der Waals surface area contributed by atoms with E-state index in [4.69, 9.17) is 14.9 Å². The van der Waals surface area contributed by atoms with Gasteiger partial charge in [-0.3, -0.25) is 4.90 Å². The molecule has 0 aromatic carbocycles. The highest BCUT2D eigenvalue weighted by atomic mass is 16.5. The summed E-state index contributed by atoms with van der Waals surface area (Å²) in [6.07, 6.45) is -0.731. The summed E-state index contributed by atoms with van der Waals surface area (Å²) in [7, 11) is 0. The average Bonchev–Trinajstić information content (AvgIpc) is 2.05. The second-order valence-corrected chi connectivity index (χ2v) is 2.72. The molecule has 1 heterocycles. The van der Waals surface area contributed by atoms with E-state index in [1.54, 1.807) is 0 Å². The minimum absolute atomic E-state index is 0.0618. The third-order valence-electron chi connectivity index (χ3n) is 1.84. The Kier molecular flexibility index (Phi) is 3.46. The van der Waals surface area contributed by atoms with Crippen LogP contribution in [0.3, 0.4) is 0 Å². The summed E-state index contributed by atoms with van der Waals surface area (Å²) >= 11 is 0. The number of rotatable bonds is 3. The molecular formula is C7H13NO4. The Morgan fingerprint density at radius 2 is 2.42 bits per heavy atom. The second kappa shape index (κ2) is 4.39. The molecule has 2 N–H and O–H groups in total. The molecule has 1 atom stereocenters. The highest BCUT2D eigenvalue weighted by Gasteiger charge is 2.25. The van der Waals surface area contributed by atoms with Crippen LogP contribution in [0.4, 0.5) is 0 Å². The molecule has 12 heavy (non-hydrogen) atoms. The first-order valence-electron chi connectivity index (χ1n) is 3.91. The standard InChI is InChI=1S/C7H13NO4/c9-3-1-8-2-4-12-6(5-8)7(10)11/h6,9H,1-5H2,(H,10,11). The van der Waals surface area contributed by atoms with Crippen LogP contribution in [0, 0.1) is 0 Å². The number of hydrogen-bond acceptors (Lipinski definition) is 4. The van der Waals surface area contributed by atoms with Gasteiger partial charge in [0.05, 0.1) is 13.2 Å². The van der Waals surface area contributed by atoms with E-state index in [2.05, 4.69) is 0 Å². The van der Waals surface area contributed by atoms with E-state index >= 15 is 0 Å². The smallest absolute Gasteiger partial charge is 0.334 e. The van der Waals surface area contributed by atoms with Crippen molar-refractivity contribution in [2.24, 2.45) is 0 Å². The molecule has 0 amide bonds. The van der Waals surface area contributed by atoms with Gasteiger partial charge in [-0.1, -0.05) is 0 Å². The van der Waals surface area contributed by atoms with Crippen molar-refractivity contribution in [3.8, 4) is 0 Å². The molecule has 0 radical (unpaired) electrons. The predicted molar refractivity (Wildman–Crippen MR) is 40.9 cm³/mol. The Balaban J connectivity index is 2.35. The number of aliphatic hydroxyl groups excluding tert-OH is 1. The lowest BCUT2D eigenvalue weighted by Crippen LogP contribution is -2.46. The molecule has 0 spiro atoms. The molecule has 0 aliphatic carbocycles. The van der Waals surface area contributed by atoms with E-state index in [-0.39, 0.29) is 6.61 Å². The fourth-order valence-corrected chi connectivity index (χ4v) is 1.20. The number of carbonyl (C=O) groups is 1. The summed E-state index contributed by atoms with van der Waals surface area (Å²) in [5, 5.41) is 17.2. The van der Waals surface area contributed by atoms with Crippen LogP contribution in [0.5, 0.6) is 0 Å². The molecule has 1 saturated heterocycles. The number of β-amino-alcohol motifs (C(OH)–C–C–N with tert-alkyl or cyclic N) is 1. The Labute approximate surface area is 70.5 Å². The molecule has 0 bridgehead atoms. The second-order valence-electron chi connectivity index (χ2n) is 2.72. The Morgan fingerprint density at radius 1 is 1.67 bits per heavy atom. The maximum atomic E-state index is 10.5. The first-order chi connectivity index (χ1) is 5.74. The van der Waals surface area contributed by atoms with Gasteiger partial charge in [-0.15, -0.1) is 0 Å². The fourth-order valence-electron chi connectivity index (χ4n) is 1.20. The van der Waals surface area contributed by atoms with E-state index in [9.17, 15) is 4.79 Å². The van der Waals surface area contributed by atoms with Gasteiger partial charge in [-0.05, 0) is 0 Å². The lowest BCUT2D eigenvalue weighted by Gasteiger charge is -2.29. The summed E-state index contributed by atoms with van der Waals surface area (Å²) in [6.45, 7) is 2.08. The lowest BCUT2D eigenvalue weighted by atomic mass is 10.3. The lowest BCUT2D eigenvalue weighted by molar-refractivity contribution is -0.156. The normalized spacial score (nSPS) is 25.6. The average molecular weight is 175 g/mol. The van der Waals surface area contributed by atoms with Crippen LogP contribution in [0.2, 0.25) is 0 Å². The number of nitrogens with zero attached hydrogens (tertiary/aromatic N) is 1. The van der Waals surface area contributed by atoms with Crippen LogP contribution in [0.15, 0.2) is 0 Å². The molecule has 5 heteroatoms. The summed E-state index contributed by atoms with van der Waals surface area (Å²) in [6, 6.07) is 0. The van der Waals surface area contributed by atoms with Crippen molar-refractivity contribution < 1.29 is 19.7 Å². The van der Waals surface area contributed by atoms with Crippen molar-refractivity contribution >= 4 is 5.97 Å². The first-order valence-corrected chi connectivity index (χ1v) is 3.91.